The van der Waals surface area contributed by atoms with Crippen LogP contribution in [0.3, 0.4) is 0 Å². The largest absolute Gasteiger partial charge is 0.481 e. The highest BCUT2D eigenvalue weighted by molar-refractivity contribution is 5.74. The molecule has 1 unspecified atom stereocenters. The van der Waals surface area contributed by atoms with Gasteiger partial charge in [-0.3, -0.25) is 4.79 Å². The number of β-amino-alcohol motifs (C(OH)–C–C–N with tert-alkyl or cyclic N) is 1. The lowest BCUT2D eigenvalue weighted by atomic mass is 9.93. The van der Waals surface area contributed by atoms with E-state index in [0.29, 0.717) is 0 Å². The van der Waals surface area contributed by atoms with Crippen LogP contribution in [0.4, 0.5) is 4.79 Å². The van der Waals surface area contributed by atoms with Gasteiger partial charge < -0.3 is 25.0 Å². The molecule has 7 nitrogen and oxygen atoms in total. The summed E-state index contributed by atoms with van der Waals surface area (Å²) < 4.78 is 5.09. The molecule has 0 aromatic carbocycles. The van der Waals surface area contributed by atoms with Crippen LogP contribution < -0.4 is 0 Å². The van der Waals surface area contributed by atoms with Crippen LogP contribution in [0.5, 0.6) is 0 Å². The van der Waals surface area contributed by atoms with Crippen LogP contribution in [0, 0.1) is 5.92 Å². The standard InChI is InChI=1S/C11H19NO6/c1-11(2,3)18-10(17)12-4-6(9(15)16)8(14)7(13)5-12/h6-8,13-14H,4-5H2,1-3H3,(H,15,16)/t6?,7-,8-/m1/s1. The lowest BCUT2D eigenvalue weighted by Gasteiger charge is -2.37. The molecule has 3 N–H and O–H groups in total. The number of hydrogen-bond acceptors (Lipinski definition) is 5. The summed E-state index contributed by atoms with van der Waals surface area (Å²) in [6.45, 7) is 4.75. The molecule has 1 saturated heterocycles. The number of amides is 1. The number of aliphatic hydroxyl groups is 2. The van der Waals surface area contributed by atoms with Crippen molar-refractivity contribution in [3.05, 3.63) is 0 Å². The highest BCUT2D eigenvalue weighted by atomic mass is 16.6. The van der Waals surface area contributed by atoms with Crippen molar-refractivity contribution in [3.63, 3.8) is 0 Å². The number of likely N-dealkylation sites (tertiary alicyclic amines) is 1. The van der Waals surface area contributed by atoms with Gasteiger partial charge in [0, 0.05) is 6.54 Å². The first-order chi connectivity index (χ1) is 8.11. The van der Waals surface area contributed by atoms with Crippen LogP contribution in [0.1, 0.15) is 20.8 Å². The van der Waals surface area contributed by atoms with Crippen molar-refractivity contribution >= 4 is 12.1 Å². The van der Waals surface area contributed by atoms with Gasteiger partial charge in [0.05, 0.1) is 18.8 Å². The molecular formula is C11H19NO6. The Morgan fingerprint density at radius 3 is 2.22 bits per heavy atom. The minimum absolute atomic E-state index is 0.139. The molecule has 1 amide bonds. The predicted octanol–water partition coefficient (Wildman–Crippen LogP) is -0.340. The Hall–Kier alpha value is -1.34. The van der Waals surface area contributed by atoms with Crippen LogP contribution in [0.25, 0.3) is 0 Å². The van der Waals surface area contributed by atoms with E-state index in [1.807, 2.05) is 0 Å². The summed E-state index contributed by atoms with van der Waals surface area (Å²) in [7, 11) is 0. The van der Waals surface area contributed by atoms with Crippen LogP contribution in [0.15, 0.2) is 0 Å². The van der Waals surface area contributed by atoms with Crippen molar-refractivity contribution in [1.29, 1.82) is 0 Å². The van der Waals surface area contributed by atoms with Gasteiger partial charge in [-0.1, -0.05) is 0 Å². The second kappa shape index (κ2) is 5.11. The van der Waals surface area contributed by atoms with E-state index in [9.17, 15) is 19.8 Å². The Balaban J connectivity index is 2.74. The van der Waals surface area contributed by atoms with Crippen molar-refractivity contribution in [3.8, 4) is 0 Å². The third kappa shape index (κ3) is 3.58. The summed E-state index contributed by atoms with van der Waals surface area (Å²) in [4.78, 5) is 23.8. The normalized spacial score (nSPS) is 28.9. The molecule has 104 valence electrons. The van der Waals surface area contributed by atoms with Gasteiger partial charge in [0.1, 0.15) is 11.5 Å². The lowest BCUT2D eigenvalue weighted by molar-refractivity contribution is -0.155. The fourth-order valence-corrected chi connectivity index (χ4v) is 1.72. The Bertz CT molecular complexity index is 337. The number of carbonyl (C=O) groups excluding carboxylic acids is 1. The Kier molecular flexibility index (Phi) is 4.18. The summed E-state index contributed by atoms with van der Waals surface area (Å²) in [6.07, 6.45) is -3.35. The van der Waals surface area contributed by atoms with Gasteiger partial charge in [-0.15, -0.1) is 0 Å². The second-order valence-electron chi connectivity index (χ2n) is 5.39. The maximum atomic E-state index is 11.8. The fraction of sp³-hybridized carbons (Fsp3) is 0.818. The molecule has 0 aromatic rings. The van der Waals surface area contributed by atoms with E-state index in [0.717, 1.165) is 4.90 Å². The van der Waals surface area contributed by atoms with E-state index in [1.54, 1.807) is 20.8 Å². The molecule has 0 aromatic heterocycles. The third-order valence-corrected chi connectivity index (χ3v) is 2.60. The first-order valence-corrected chi connectivity index (χ1v) is 5.68. The topological polar surface area (TPSA) is 107 Å². The Morgan fingerprint density at radius 2 is 1.78 bits per heavy atom. The quantitative estimate of drug-likeness (QED) is 0.596. The minimum Gasteiger partial charge on any atom is -0.481 e. The molecule has 0 radical (unpaired) electrons. The molecule has 18 heavy (non-hydrogen) atoms. The van der Waals surface area contributed by atoms with Gasteiger partial charge in [-0.2, -0.15) is 0 Å². The summed E-state index contributed by atoms with van der Waals surface area (Å²) in [5, 5.41) is 28.0. The Morgan fingerprint density at radius 1 is 1.22 bits per heavy atom. The van der Waals surface area contributed by atoms with E-state index in [2.05, 4.69) is 0 Å². The number of piperidine rings is 1. The molecule has 1 aliphatic heterocycles. The molecule has 1 fully saturated rings. The number of aliphatic hydroxyl groups excluding tert-OH is 2. The molecule has 1 aliphatic rings. The van der Waals surface area contributed by atoms with Crippen molar-refractivity contribution < 1.29 is 29.6 Å². The third-order valence-electron chi connectivity index (χ3n) is 2.60. The van der Waals surface area contributed by atoms with Gasteiger partial charge in [0.15, 0.2) is 0 Å². The summed E-state index contributed by atoms with van der Waals surface area (Å²) in [6, 6.07) is 0. The summed E-state index contributed by atoms with van der Waals surface area (Å²) in [5.74, 6) is -2.46. The van der Waals surface area contributed by atoms with Gasteiger partial charge in [0.25, 0.3) is 0 Å². The molecule has 0 aliphatic carbocycles. The first kappa shape index (κ1) is 14.7. The molecule has 0 spiro atoms. The molecule has 7 heteroatoms. The number of rotatable bonds is 1. The number of carbonyl (C=O) groups is 2. The van der Waals surface area contributed by atoms with E-state index in [4.69, 9.17) is 9.84 Å². The van der Waals surface area contributed by atoms with Crippen molar-refractivity contribution in [2.75, 3.05) is 13.1 Å². The fourth-order valence-electron chi connectivity index (χ4n) is 1.72. The van der Waals surface area contributed by atoms with E-state index in [-0.39, 0.29) is 13.1 Å². The van der Waals surface area contributed by atoms with E-state index in [1.165, 1.54) is 0 Å². The van der Waals surface area contributed by atoms with E-state index >= 15 is 0 Å². The van der Waals surface area contributed by atoms with Gasteiger partial charge in [-0.25, -0.2) is 4.79 Å². The van der Waals surface area contributed by atoms with Crippen LogP contribution >= 0.6 is 0 Å². The number of nitrogens with zero attached hydrogens (tertiary/aromatic N) is 1. The lowest BCUT2D eigenvalue weighted by Crippen LogP contribution is -2.57. The first-order valence-electron chi connectivity index (χ1n) is 5.68. The van der Waals surface area contributed by atoms with E-state index < -0.39 is 35.8 Å². The van der Waals surface area contributed by atoms with Gasteiger partial charge >= 0.3 is 12.1 Å². The molecule has 0 bridgehead atoms. The molecule has 3 atom stereocenters. The maximum absolute atomic E-state index is 11.8. The average molecular weight is 261 g/mol. The van der Waals surface area contributed by atoms with Crippen LogP contribution in [-0.2, 0) is 9.53 Å². The number of hydrogen-bond donors (Lipinski definition) is 3. The number of ether oxygens (including phenoxy) is 1. The zero-order chi connectivity index (χ0) is 14.1. The molecule has 1 heterocycles. The predicted molar refractivity (Wildman–Crippen MR) is 60.9 cm³/mol. The number of aliphatic carboxylic acids is 1. The smallest absolute Gasteiger partial charge is 0.410 e. The average Bonchev–Trinajstić information content (AvgIpc) is 2.18. The summed E-state index contributed by atoms with van der Waals surface area (Å²) in [5.41, 5.74) is -0.698. The zero-order valence-electron chi connectivity index (χ0n) is 10.7. The monoisotopic (exact) mass is 261 g/mol. The van der Waals surface area contributed by atoms with Crippen LogP contribution in [-0.4, -0.2) is 63.2 Å². The molecule has 1 rings (SSSR count). The van der Waals surface area contributed by atoms with Gasteiger partial charge in [0.2, 0.25) is 0 Å². The Labute approximate surface area is 105 Å². The van der Waals surface area contributed by atoms with Crippen molar-refractivity contribution in [2.24, 2.45) is 5.92 Å². The van der Waals surface area contributed by atoms with Crippen LogP contribution in [0.2, 0.25) is 0 Å². The summed E-state index contributed by atoms with van der Waals surface area (Å²) >= 11 is 0. The van der Waals surface area contributed by atoms with Crippen molar-refractivity contribution in [2.45, 2.75) is 38.6 Å². The van der Waals surface area contributed by atoms with Gasteiger partial charge in [-0.05, 0) is 20.8 Å². The second-order valence-corrected chi connectivity index (χ2v) is 5.39. The number of carboxylic acids is 1. The molecular weight excluding hydrogens is 242 g/mol. The van der Waals surface area contributed by atoms with Crippen molar-refractivity contribution in [1.82, 2.24) is 4.90 Å². The zero-order valence-corrected chi connectivity index (χ0v) is 10.7. The highest BCUT2D eigenvalue weighted by Gasteiger charge is 2.41. The minimum atomic E-state index is -1.37. The molecule has 0 saturated carbocycles. The number of carboxylic acid groups (broad SMARTS) is 1. The SMILES string of the molecule is CC(C)(C)OC(=O)N1CC(C(=O)O)[C@@H](O)[C@H](O)C1. The maximum Gasteiger partial charge on any atom is 0.410 e. The highest BCUT2D eigenvalue weighted by Crippen LogP contribution is 2.20.